The summed E-state index contributed by atoms with van der Waals surface area (Å²) >= 11 is 0. The summed E-state index contributed by atoms with van der Waals surface area (Å²) in [5.74, 6) is 0.750. The van der Waals surface area contributed by atoms with Crippen molar-refractivity contribution in [2.24, 2.45) is 11.7 Å². The van der Waals surface area contributed by atoms with Gasteiger partial charge < -0.3 is 15.4 Å². The van der Waals surface area contributed by atoms with Gasteiger partial charge >= 0.3 is 0 Å². The number of hydrogen-bond acceptors (Lipinski definition) is 4. The van der Waals surface area contributed by atoms with Crippen molar-refractivity contribution in [2.75, 3.05) is 46.4 Å². The van der Waals surface area contributed by atoms with E-state index in [-0.39, 0.29) is 5.91 Å². The van der Waals surface area contributed by atoms with Gasteiger partial charge in [-0.05, 0) is 31.7 Å². The van der Waals surface area contributed by atoms with E-state index in [1.54, 1.807) is 7.11 Å². The second-order valence-electron chi connectivity index (χ2n) is 6.84. The van der Waals surface area contributed by atoms with E-state index >= 15 is 0 Å². The van der Waals surface area contributed by atoms with Gasteiger partial charge in [-0.1, -0.05) is 19.8 Å². The van der Waals surface area contributed by atoms with Crippen molar-refractivity contribution in [3.05, 3.63) is 0 Å². The molecule has 0 aromatic rings. The van der Waals surface area contributed by atoms with E-state index in [2.05, 4.69) is 11.8 Å². The first kappa shape index (κ1) is 16.7. The van der Waals surface area contributed by atoms with Crippen molar-refractivity contribution >= 4 is 5.91 Å². The summed E-state index contributed by atoms with van der Waals surface area (Å²) in [6, 6.07) is 0. The highest BCUT2D eigenvalue weighted by molar-refractivity contribution is 5.86. The molecule has 122 valence electrons. The van der Waals surface area contributed by atoms with Gasteiger partial charge in [0.25, 0.3) is 0 Å². The van der Waals surface area contributed by atoms with E-state index in [4.69, 9.17) is 10.5 Å². The predicted octanol–water partition coefficient (Wildman–Crippen LogP) is 1.07. The Labute approximate surface area is 128 Å². The number of amides is 1. The minimum atomic E-state index is -0.612. The van der Waals surface area contributed by atoms with E-state index in [0.29, 0.717) is 5.92 Å². The molecule has 5 heteroatoms. The molecule has 2 rings (SSSR count). The van der Waals surface area contributed by atoms with E-state index < -0.39 is 5.54 Å². The van der Waals surface area contributed by atoms with Crippen LogP contribution in [0.1, 0.15) is 39.0 Å². The molecule has 0 bridgehead atoms. The maximum Gasteiger partial charge on any atom is 0.242 e. The van der Waals surface area contributed by atoms with Gasteiger partial charge in [-0.15, -0.1) is 0 Å². The average Bonchev–Trinajstić information content (AvgIpc) is 2.69. The molecule has 2 unspecified atom stereocenters. The van der Waals surface area contributed by atoms with Crippen LogP contribution in [0.4, 0.5) is 0 Å². The van der Waals surface area contributed by atoms with Gasteiger partial charge in [0, 0.05) is 33.3 Å². The third-order valence-electron chi connectivity index (χ3n) is 4.95. The summed E-state index contributed by atoms with van der Waals surface area (Å²) in [5.41, 5.74) is 5.85. The van der Waals surface area contributed by atoms with Crippen molar-refractivity contribution in [2.45, 2.75) is 44.6 Å². The maximum atomic E-state index is 12.9. The topological polar surface area (TPSA) is 58.8 Å². The third-order valence-corrected chi connectivity index (χ3v) is 4.95. The largest absolute Gasteiger partial charge is 0.383 e. The predicted molar refractivity (Wildman–Crippen MR) is 84.1 cm³/mol. The molecule has 1 aliphatic heterocycles. The lowest BCUT2D eigenvalue weighted by Gasteiger charge is -2.39. The maximum absolute atomic E-state index is 12.9. The lowest BCUT2D eigenvalue weighted by Crippen LogP contribution is -2.57. The third kappa shape index (κ3) is 4.41. The average molecular weight is 297 g/mol. The molecule has 2 atom stereocenters. The molecule has 0 radical (unpaired) electrons. The van der Waals surface area contributed by atoms with Crippen LogP contribution in [0.5, 0.6) is 0 Å². The quantitative estimate of drug-likeness (QED) is 0.843. The molecule has 1 saturated heterocycles. The van der Waals surface area contributed by atoms with Crippen molar-refractivity contribution < 1.29 is 9.53 Å². The van der Waals surface area contributed by atoms with Gasteiger partial charge in [0.2, 0.25) is 5.91 Å². The fourth-order valence-corrected chi connectivity index (χ4v) is 3.72. The molecule has 0 aromatic carbocycles. The van der Waals surface area contributed by atoms with Gasteiger partial charge in [0.1, 0.15) is 0 Å². The van der Waals surface area contributed by atoms with Crippen LogP contribution in [0.2, 0.25) is 0 Å². The second-order valence-corrected chi connectivity index (χ2v) is 6.84. The van der Waals surface area contributed by atoms with Gasteiger partial charge in [0.05, 0.1) is 12.1 Å². The summed E-state index contributed by atoms with van der Waals surface area (Å²) < 4.78 is 5.14. The lowest BCUT2D eigenvalue weighted by atomic mass is 9.76. The molecule has 21 heavy (non-hydrogen) atoms. The number of methoxy groups -OCH3 is 1. The normalized spacial score (nSPS) is 32.0. The number of carbonyl (C=O) groups excluding carboxylic acids is 1. The number of ether oxygens (including phenoxy) is 1. The summed E-state index contributed by atoms with van der Waals surface area (Å²) in [5, 5.41) is 0. The highest BCUT2D eigenvalue weighted by Gasteiger charge is 2.40. The Morgan fingerprint density at radius 3 is 2.81 bits per heavy atom. The molecule has 0 spiro atoms. The highest BCUT2D eigenvalue weighted by Crippen LogP contribution is 2.32. The lowest BCUT2D eigenvalue weighted by molar-refractivity contribution is -0.138. The van der Waals surface area contributed by atoms with Crippen LogP contribution in [-0.2, 0) is 9.53 Å². The Hall–Kier alpha value is -0.650. The molecular formula is C16H31N3O2. The smallest absolute Gasteiger partial charge is 0.242 e. The number of hydrogen-bond donors (Lipinski definition) is 1. The van der Waals surface area contributed by atoms with E-state index in [1.807, 2.05) is 4.90 Å². The molecule has 2 aliphatic rings. The van der Waals surface area contributed by atoms with E-state index in [1.165, 1.54) is 6.42 Å². The van der Waals surface area contributed by atoms with Crippen LogP contribution < -0.4 is 5.73 Å². The van der Waals surface area contributed by atoms with Crippen LogP contribution in [-0.4, -0.2) is 67.7 Å². The molecular weight excluding hydrogens is 266 g/mol. The van der Waals surface area contributed by atoms with Crippen LogP contribution in [0.3, 0.4) is 0 Å². The summed E-state index contributed by atoms with van der Waals surface area (Å²) in [4.78, 5) is 17.2. The summed E-state index contributed by atoms with van der Waals surface area (Å²) in [6.07, 6.45) is 5.01. The summed E-state index contributed by atoms with van der Waals surface area (Å²) in [7, 11) is 1.73. The van der Waals surface area contributed by atoms with Crippen molar-refractivity contribution in [1.82, 2.24) is 9.80 Å². The van der Waals surface area contributed by atoms with Crippen LogP contribution in [0.15, 0.2) is 0 Å². The standard InChI is InChI=1S/C16H31N3O2/c1-14-5-3-6-16(17,13-14)15(20)19-8-4-7-18(9-10-19)11-12-21-2/h14H,3-13,17H2,1-2H3. The van der Waals surface area contributed by atoms with Gasteiger partial charge in [-0.2, -0.15) is 0 Å². The highest BCUT2D eigenvalue weighted by atomic mass is 16.5. The van der Waals surface area contributed by atoms with Gasteiger partial charge in [-0.25, -0.2) is 0 Å². The molecule has 2 N–H and O–H groups in total. The molecule has 2 fully saturated rings. The van der Waals surface area contributed by atoms with Gasteiger partial charge in [-0.3, -0.25) is 9.69 Å². The van der Waals surface area contributed by atoms with Crippen molar-refractivity contribution in [1.29, 1.82) is 0 Å². The van der Waals surface area contributed by atoms with Crippen LogP contribution in [0, 0.1) is 5.92 Å². The Kier molecular flexibility index (Phi) is 6.02. The zero-order valence-electron chi connectivity index (χ0n) is 13.6. The Balaban J connectivity index is 1.90. The van der Waals surface area contributed by atoms with Gasteiger partial charge in [0.15, 0.2) is 0 Å². The van der Waals surface area contributed by atoms with Crippen LogP contribution in [0.25, 0.3) is 0 Å². The van der Waals surface area contributed by atoms with Crippen LogP contribution >= 0.6 is 0 Å². The Bertz CT molecular complexity index is 350. The minimum absolute atomic E-state index is 0.183. The molecule has 5 nitrogen and oxygen atoms in total. The Morgan fingerprint density at radius 1 is 1.29 bits per heavy atom. The second kappa shape index (κ2) is 7.56. The molecule has 1 heterocycles. The van der Waals surface area contributed by atoms with E-state index in [9.17, 15) is 4.79 Å². The summed E-state index contributed by atoms with van der Waals surface area (Å²) in [6.45, 7) is 7.53. The first-order valence-corrected chi connectivity index (χ1v) is 8.35. The zero-order valence-corrected chi connectivity index (χ0v) is 13.6. The first-order chi connectivity index (χ1) is 10.0. The number of nitrogens with zero attached hydrogens (tertiary/aromatic N) is 2. The minimum Gasteiger partial charge on any atom is -0.383 e. The van der Waals surface area contributed by atoms with E-state index in [0.717, 1.165) is 65.0 Å². The molecule has 1 saturated carbocycles. The monoisotopic (exact) mass is 297 g/mol. The molecule has 1 amide bonds. The van der Waals surface area contributed by atoms with Crippen molar-refractivity contribution in [3.63, 3.8) is 0 Å². The SMILES string of the molecule is COCCN1CCCN(C(=O)C2(N)CCCC(C)C2)CC1. The Morgan fingerprint density at radius 2 is 2.10 bits per heavy atom. The fraction of sp³-hybridized carbons (Fsp3) is 0.938. The number of rotatable bonds is 4. The van der Waals surface area contributed by atoms with Crippen molar-refractivity contribution in [3.8, 4) is 0 Å². The number of carbonyl (C=O) groups is 1. The molecule has 1 aliphatic carbocycles. The zero-order chi connectivity index (χ0) is 15.3. The number of nitrogens with two attached hydrogens (primary N) is 1. The molecule has 0 aromatic heterocycles. The fourth-order valence-electron chi connectivity index (χ4n) is 3.72. The first-order valence-electron chi connectivity index (χ1n) is 8.35.